The molecule has 5 amide bonds. The highest BCUT2D eigenvalue weighted by Crippen LogP contribution is 2.45. The predicted molar refractivity (Wildman–Crippen MR) is 453 cm³/mol. The monoisotopic (exact) mass is 1710 g/mol. The molecular formula is C86H112ClF3N12O11S4. The lowest BCUT2D eigenvalue weighted by Crippen LogP contribution is -2.57. The van der Waals surface area contributed by atoms with Crippen LogP contribution in [0.15, 0.2) is 147 Å². The van der Waals surface area contributed by atoms with Gasteiger partial charge in [-0.3, -0.25) is 33.8 Å². The van der Waals surface area contributed by atoms with Crippen molar-refractivity contribution in [3.8, 4) is 10.4 Å². The summed E-state index contributed by atoms with van der Waals surface area (Å²) in [5.74, 6) is -1.74. The molecule has 117 heavy (non-hydrogen) atoms. The molecule has 5 saturated heterocycles. The smallest absolute Gasteiger partial charge is 0.391 e. The number of allylic oxidation sites excluding steroid dienone is 1. The Hall–Kier alpha value is -7.49. The fraction of sp³-hybridized carbons (Fsp3) is 0.535. The minimum atomic E-state index is -6.11. The van der Waals surface area contributed by atoms with Crippen LogP contribution in [0.4, 0.5) is 24.5 Å². The van der Waals surface area contributed by atoms with Gasteiger partial charge in [0.25, 0.3) is 25.8 Å². The molecule has 23 nitrogen and oxygen atoms in total. The van der Waals surface area contributed by atoms with Crippen LogP contribution in [0.3, 0.4) is 0 Å². The second-order valence-electron chi connectivity index (χ2n) is 33.5. The number of aromatic nitrogens is 1. The van der Waals surface area contributed by atoms with E-state index in [2.05, 4.69) is 64.5 Å². The first-order valence-electron chi connectivity index (χ1n) is 40.9. The fourth-order valence-corrected chi connectivity index (χ4v) is 21.0. The molecule has 1 aromatic heterocycles. The van der Waals surface area contributed by atoms with Crippen LogP contribution in [0, 0.1) is 17.8 Å². The van der Waals surface area contributed by atoms with Crippen LogP contribution < -0.4 is 25.6 Å². The number of sulfonamides is 1. The number of aliphatic hydroxyl groups excluding tert-OH is 1. The standard InChI is InChI=1S/C86H112ClF3N12O11S4/c1-59(61-17-19-63(20-18-61)79-60(2)91-58-115-79)92-82(107)75-51-70(103)55-102(75)83(108)80(84(3,4)5)94-77(104)15-10-11-16-78(105)101-46-44-100(45-47-101)69-33-38-98(39-34-69)57-85(6)35-31-73(62-21-25-66(87)26-22-62)65(53-85)54-97-40-42-99(43-41-97)68-27-23-64(24-28-68)81(106)95-117(111,112)72-29-30-74(76(52-72)116(109,110)86(88,89)90)93-67(56-114-71-13-8-7-9-14-71)32-37-96-36-12-49-113-50-48-96/h7-9,13-14,17-30,52,58-59,67,69-70,75,80,93,103H,10-12,15-16,31-51,53-57H2,1-6H3,(H,92,107)(H,94,104)(H,95,106)/t59-,67+,70+,75-,80+,85+/m0/s1. The molecule has 0 radical (unpaired) electrons. The summed E-state index contributed by atoms with van der Waals surface area (Å²) in [6.45, 7) is 24.5. The highest BCUT2D eigenvalue weighted by atomic mass is 35.5. The molecule has 12 rings (SSSR count). The van der Waals surface area contributed by atoms with E-state index in [1.807, 2.05) is 116 Å². The summed E-state index contributed by atoms with van der Waals surface area (Å²) >= 11 is 9.44. The number of piperazine rings is 2. The Morgan fingerprint density at radius 1 is 0.778 bits per heavy atom. The number of nitrogens with zero attached hydrogens (tertiary/aromatic N) is 8. The minimum Gasteiger partial charge on any atom is -0.391 e. The topological polar surface area (TPSA) is 267 Å². The van der Waals surface area contributed by atoms with Crippen molar-refractivity contribution in [3.63, 3.8) is 0 Å². The average Bonchev–Trinajstić information content (AvgIpc) is 1.36. The number of β-amino-alcohol motifs (C(OH)–C–C–N with tert-alkyl or cyclic N) is 1. The summed E-state index contributed by atoms with van der Waals surface area (Å²) in [6.07, 6.45) is 6.85. The summed E-state index contributed by atoms with van der Waals surface area (Å²) in [5, 5.41) is 20.5. The van der Waals surface area contributed by atoms with E-state index in [9.17, 15) is 59.1 Å². The van der Waals surface area contributed by atoms with Crippen LogP contribution in [0.2, 0.25) is 5.02 Å². The lowest BCUT2D eigenvalue weighted by molar-refractivity contribution is -0.144. The molecule has 5 fully saturated rings. The molecule has 5 aliphatic heterocycles. The number of anilines is 2. The Bertz CT molecular complexity index is 4670. The van der Waals surface area contributed by atoms with Gasteiger partial charge in [0, 0.05) is 157 Å². The third-order valence-electron chi connectivity index (χ3n) is 23.7. The first kappa shape index (κ1) is 88.8. The van der Waals surface area contributed by atoms with Crippen LogP contribution in [0.5, 0.6) is 0 Å². The molecule has 6 aliphatic rings. The third kappa shape index (κ3) is 23.4. The number of unbranched alkanes of at least 4 members (excludes halogenated alkanes) is 1. The number of hydrogen-bond acceptors (Lipinski definition) is 20. The maximum atomic E-state index is 14.5. The number of alkyl halides is 3. The van der Waals surface area contributed by atoms with Crippen molar-refractivity contribution in [3.05, 3.63) is 160 Å². The molecule has 0 unspecified atom stereocenters. The Morgan fingerprint density at radius 3 is 2.15 bits per heavy atom. The molecule has 5 aromatic carbocycles. The number of rotatable bonds is 30. The van der Waals surface area contributed by atoms with Crippen LogP contribution in [0.25, 0.3) is 16.0 Å². The van der Waals surface area contributed by atoms with E-state index in [1.54, 1.807) is 23.5 Å². The van der Waals surface area contributed by atoms with Gasteiger partial charge in [-0.2, -0.15) is 13.2 Å². The molecule has 6 aromatic rings. The zero-order valence-electron chi connectivity index (χ0n) is 67.8. The van der Waals surface area contributed by atoms with Gasteiger partial charge in [0.1, 0.15) is 17.0 Å². The fourth-order valence-electron chi connectivity index (χ4n) is 17.0. The van der Waals surface area contributed by atoms with E-state index >= 15 is 0 Å². The van der Waals surface area contributed by atoms with E-state index in [0.717, 1.165) is 142 Å². The summed E-state index contributed by atoms with van der Waals surface area (Å²) in [6, 6.07) is 31.9. The van der Waals surface area contributed by atoms with E-state index < -0.39 is 82.3 Å². The van der Waals surface area contributed by atoms with Gasteiger partial charge in [-0.1, -0.05) is 99.5 Å². The van der Waals surface area contributed by atoms with Gasteiger partial charge in [0.15, 0.2) is 0 Å². The molecule has 1 aliphatic carbocycles. The molecular weight excluding hydrogens is 1600 g/mol. The van der Waals surface area contributed by atoms with Crippen molar-refractivity contribution in [2.75, 3.05) is 134 Å². The number of thioether (sulfide) groups is 1. The van der Waals surface area contributed by atoms with Gasteiger partial charge in [0.2, 0.25) is 23.6 Å². The number of thiazole rings is 1. The molecule has 5 N–H and O–H groups in total. The van der Waals surface area contributed by atoms with Gasteiger partial charge in [-0.15, -0.1) is 23.1 Å². The van der Waals surface area contributed by atoms with Crippen LogP contribution in [-0.2, 0) is 43.8 Å². The quantitative estimate of drug-likeness (QED) is 0.0207. The maximum absolute atomic E-state index is 14.5. The number of nitrogens with one attached hydrogen (secondary N) is 4. The summed E-state index contributed by atoms with van der Waals surface area (Å²) in [7, 11) is -11.0. The second kappa shape index (κ2) is 39.4. The minimum absolute atomic E-state index is 0.0276. The largest absolute Gasteiger partial charge is 0.501 e. The van der Waals surface area contributed by atoms with Gasteiger partial charge < -0.3 is 50.3 Å². The lowest BCUT2D eigenvalue weighted by atomic mass is 9.71. The molecule has 31 heteroatoms. The molecule has 0 bridgehead atoms. The highest BCUT2D eigenvalue weighted by Gasteiger charge is 2.49. The van der Waals surface area contributed by atoms with Gasteiger partial charge in [-0.05, 0) is 185 Å². The number of piperidine rings is 1. The summed E-state index contributed by atoms with van der Waals surface area (Å²) in [4.78, 5) is 88.7. The number of sulfone groups is 1. The predicted octanol–water partition coefficient (Wildman–Crippen LogP) is 12.2. The van der Waals surface area contributed by atoms with Crippen molar-refractivity contribution in [1.29, 1.82) is 0 Å². The van der Waals surface area contributed by atoms with Crippen molar-refractivity contribution < 1.29 is 63.8 Å². The van der Waals surface area contributed by atoms with Crippen LogP contribution >= 0.6 is 34.7 Å². The van der Waals surface area contributed by atoms with Crippen LogP contribution in [0.1, 0.15) is 145 Å². The first-order valence-corrected chi connectivity index (χ1v) is 46.1. The Labute approximate surface area is 700 Å². The number of carbonyl (C=O) groups excluding carboxylic acids is 5. The average molecular weight is 1710 g/mol. The third-order valence-corrected chi connectivity index (χ3v) is 29.0. The van der Waals surface area contributed by atoms with Gasteiger partial charge in [-0.25, -0.2) is 26.5 Å². The number of benzene rings is 5. The summed E-state index contributed by atoms with van der Waals surface area (Å²) in [5.41, 5.74) is 2.56. The number of aliphatic hydroxyl groups is 1. The molecule has 6 heterocycles. The number of carbonyl (C=O) groups is 5. The lowest BCUT2D eigenvalue weighted by Gasteiger charge is -2.46. The van der Waals surface area contributed by atoms with Crippen molar-refractivity contribution in [2.24, 2.45) is 10.8 Å². The van der Waals surface area contributed by atoms with E-state index in [4.69, 9.17) is 16.3 Å². The van der Waals surface area contributed by atoms with Crippen molar-refractivity contribution in [1.82, 2.24) is 49.7 Å². The van der Waals surface area contributed by atoms with Crippen LogP contribution in [-0.4, -0.2) is 245 Å². The molecule has 6 atom stereocenters. The first-order chi connectivity index (χ1) is 55.8. The normalized spacial score (nSPS) is 21.0. The SMILES string of the molecule is Cc1ncsc1-c1ccc([C@H](C)NC(=O)[C@@H]2C[C@@H](O)CN2C(=O)[C@@H](NC(=O)CCCCC(=O)N2CCN(C3CCN(C[C@]4(C)CCC(c5ccc(Cl)cc5)=C(CN5CCN(c6ccc(C(=O)NS(=O)(=O)c7ccc(N[C@H](CCN8CCCOCC8)CSc8ccccc8)c(S(=O)(=O)C(F)(F)F)c7)cc6)CC5)C4)CC3)CC2)C(C)(C)C)cc1. The van der Waals surface area contributed by atoms with E-state index in [-0.39, 0.29) is 54.1 Å². The zero-order valence-corrected chi connectivity index (χ0v) is 71.8. The Balaban J connectivity index is 0.579. The van der Waals surface area contributed by atoms with E-state index in [1.165, 1.54) is 45.5 Å². The number of aryl methyl sites for hydroxylation is 1. The number of hydrogen-bond donors (Lipinski definition) is 5. The number of ether oxygens (including phenoxy) is 1. The second-order valence-corrected chi connectivity index (χ2v) is 39.5. The maximum Gasteiger partial charge on any atom is 0.501 e. The Morgan fingerprint density at radius 2 is 1.47 bits per heavy atom. The zero-order chi connectivity index (χ0) is 83.4. The van der Waals surface area contributed by atoms with E-state index in [0.29, 0.717) is 101 Å². The number of halogens is 4. The number of likely N-dealkylation sites (tertiary alicyclic amines) is 2. The molecule has 0 saturated carbocycles. The summed E-state index contributed by atoms with van der Waals surface area (Å²) < 4.78 is 105. The molecule has 634 valence electrons. The Kier molecular flexibility index (Phi) is 29.9. The van der Waals surface area contributed by atoms with Gasteiger partial charge in [0.05, 0.1) is 45.4 Å². The van der Waals surface area contributed by atoms with Gasteiger partial charge >= 0.3 is 5.51 Å². The van der Waals surface area contributed by atoms with Crippen molar-refractivity contribution in [2.45, 2.75) is 175 Å². The highest BCUT2D eigenvalue weighted by molar-refractivity contribution is 7.99. The van der Waals surface area contributed by atoms with Crippen molar-refractivity contribution >= 4 is 101 Å². The molecule has 0 spiro atoms. The number of amides is 5.